The second-order valence-electron chi connectivity index (χ2n) is 5.59. The molecule has 2 N–H and O–H groups in total. The molecule has 0 aliphatic carbocycles. The number of carboxylic acid groups (broad SMARTS) is 1. The molecule has 1 aliphatic rings. The molecule has 0 bridgehead atoms. The van der Waals surface area contributed by atoms with Crippen molar-refractivity contribution in [2.45, 2.75) is 0 Å². The van der Waals surface area contributed by atoms with Crippen LogP contribution < -0.4 is 10.1 Å². The Hall–Kier alpha value is -3.37. The van der Waals surface area contributed by atoms with E-state index in [1.807, 2.05) is 0 Å². The van der Waals surface area contributed by atoms with Crippen LogP contribution in [0, 0.1) is 10.1 Å². The first kappa shape index (κ1) is 20.4. The Balaban J connectivity index is 1.87. The van der Waals surface area contributed by atoms with E-state index in [1.54, 1.807) is 24.3 Å². The number of amidine groups is 1. The largest absolute Gasteiger partial charge is 0.481 e. The Kier molecular flexibility index (Phi) is 6.15. The molecule has 3 rings (SSSR count). The third kappa shape index (κ3) is 5.12. The lowest BCUT2D eigenvalue weighted by atomic mass is 10.2. The summed E-state index contributed by atoms with van der Waals surface area (Å²) < 4.78 is 5.22. The van der Waals surface area contributed by atoms with Gasteiger partial charge in [0.15, 0.2) is 11.8 Å². The summed E-state index contributed by atoms with van der Waals surface area (Å²) in [5, 5.41) is 22.8. The van der Waals surface area contributed by atoms with Crippen molar-refractivity contribution in [2.24, 2.45) is 4.99 Å². The molecule has 2 aromatic rings. The number of hydrogen-bond donors (Lipinski definition) is 2. The number of nitrogens with zero attached hydrogens (tertiary/aromatic N) is 2. The van der Waals surface area contributed by atoms with E-state index in [0.29, 0.717) is 11.3 Å². The van der Waals surface area contributed by atoms with Gasteiger partial charge in [-0.15, -0.1) is 0 Å². The van der Waals surface area contributed by atoms with Gasteiger partial charge in [0.25, 0.3) is 11.6 Å². The fourth-order valence-electron chi connectivity index (χ4n) is 2.34. The van der Waals surface area contributed by atoms with E-state index < -0.39 is 23.4 Å². The minimum absolute atomic E-state index is 0.0497. The van der Waals surface area contributed by atoms with Crippen LogP contribution in [0.1, 0.15) is 5.56 Å². The third-order valence-corrected chi connectivity index (χ3v) is 4.71. The van der Waals surface area contributed by atoms with Crippen LogP contribution in [0.25, 0.3) is 6.08 Å². The number of nitro benzene ring substituents is 1. The van der Waals surface area contributed by atoms with Gasteiger partial charge in [-0.25, -0.2) is 9.79 Å². The summed E-state index contributed by atoms with van der Waals surface area (Å²) in [6, 6.07) is 10.7. The van der Waals surface area contributed by atoms with Crippen LogP contribution in [0.5, 0.6) is 5.75 Å². The Morgan fingerprint density at radius 2 is 2.10 bits per heavy atom. The Bertz CT molecular complexity index is 1070. The van der Waals surface area contributed by atoms with Gasteiger partial charge in [-0.2, -0.15) is 0 Å². The van der Waals surface area contributed by atoms with Crippen LogP contribution in [0.15, 0.2) is 52.4 Å². The summed E-state index contributed by atoms with van der Waals surface area (Å²) in [5.41, 5.74) is 0.267. The van der Waals surface area contributed by atoms with Crippen LogP contribution in [0.3, 0.4) is 0 Å². The maximum atomic E-state index is 12.3. The summed E-state index contributed by atoms with van der Waals surface area (Å²) in [4.78, 5) is 38.0. The Labute approximate surface area is 173 Å². The molecule has 0 saturated carbocycles. The molecule has 0 unspecified atom stereocenters. The Morgan fingerprint density at radius 1 is 1.34 bits per heavy atom. The number of thioether (sulfide) groups is 1. The van der Waals surface area contributed by atoms with Crippen molar-refractivity contribution < 1.29 is 24.4 Å². The standard InChI is InChI=1S/C18H12ClN3O6S/c19-11-5-6-12(13(8-11)22(26)27)20-18-21-17(25)15(29-18)7-10-3-1-2-4-14(10)28-9-16(23)24/h1-8H,9H2,(H,23,24)(H,20,21,25)/b15-7+. The first-order valence-electron chi connectivity index (χ1n) is 8.00. The number of ether oxygens (including phenoxy) is 1. The van der Waals surface area contributed by atoms with E-state index >= 15 is 0 Å². The smallest absolute Gasteiger partial charge is 0.341 e. The van der Waals surface area contributed by atoms with Crippen molar-refractivity contribution in [3.63, 3.8) is 0 Å². The van der Waals surface area contributed by atoms with E-state index in [-0.39, 0.29) is 26.5 Å². The first-order valence-corrected chi connectivity index (χ1v) is 9.20. The van der Waals surface area contributed by atoms with Crippen LogP contribution in [0.4, 0.5) is 11.4 Å². The number of benzene rings is 2. The van der Waals surface area contributed by atoms with E-state index in [0.717, 1.165) is 11.8 Å². The van der Waals surface area contributed by atoms with E-state index in [1.165, 1.54) is 24.3 Å². The average Bonchev–Trinajstić information content (AvgIpc) is 3.01. The average molecular weight is 434 g/mol. The molecule has 0 atom stereocenters. The summed E-state index contributed by atoms with van der Waals surface area (Å²) in [6.07, 6.45) is 1.52. The number of carboxylic acids is 1. The van der Waals surface area contributed by atoms with Gasteiger partial charge in [0.05, 0.1) is 9.83 Å². The van der Waals surface area contributed by atoms with Gasteiger partial charge in [0.1, 0.15) is 11.4 Å². The highest BCUT2D eigenvalue weighted by molar-refractivity contribution is 8.18. The van der Waals surface area contributed by atoms with Crippen molar-refractivity contribution in [1.82, 2.24) is 5.32 Å². The number of hydrogen-bond acceptors (Lipinski definition) is 7. The van der Waals surface area contributed by atoms with Crippen molar-refractivity contribution in [2.75, 3.05) is 6.61 Å². The summed E-state index contributed by atoms with van der Waals surface area (Å²) >= 11 is 6.78. The number of halogens is 1. The maximum Gasteiger partial charge on any atom is 0.341 e. The van der Waals surface area contributed by atoms with E-state index in [9.17, 15) is 19.7 Å². The molecule has 1 heterocycles. The fourth-order valence-corrected chi connectivity index (χ4v) is 3.33. The van der Waals surface area contributed by atoms with Gasteiger partial charge in [0, 0.05) is 16.7 Å². The zero-order valence-corrected chi connectivity index (χ0v) is 16.1. The van der Waals surface area contributed by atoms with Gasteiger partial charge < -0.3 is 15.2 Å². The molecule has 29 heavy (non-hydrogen) atoms. The summed E-state index contributed by atoms with van der Waals surface area (Å²) in [5.74, 6) is -1.27. The highest BCUT2D eigenvalue weighted by atomic mass is 35.5. The molecule has 1 aliphatic heterocycles. The topological polar surface area (TPSA) is 131 Å². The Morgan fingerprint density at radius 3 is 2.83 bits per heavy atom. The highest BCUT2D eigenvalue weighted by Crippen LogP contribution is 2.34. The molecule has 1 amide bonds. The number of aliphatic imine (C=N–C) groups is 1. The normalized spacial score (nSPS) is 16.1. The lowest BCUT2D eigenvalue weighted by molar-refractivity contribution is -0.384. The summed E-state index contributed by atoms with van der Waals surface area (Å²) in [6.45, 7) is -0.521. The molecular formula is C18H12ClN3O6S. The number of carbonyl (C=O) groups is 2. The van der Waals surface area contributed by atoms with E-state index in [2.05, 4.69) is 10.3 Å². The number of nitro groups is 1. The zero-order chi connectivity index (χ0) is 21.0. The number of rotatable bonds is 6. The number of amides is 1. The molecular weight excluding hydrogens is 422 g/mol. The minimum Gasteiger partial charge on any atom is -0.481 e. The summed E-state index contributed by atoms with van der Waals surface area (Å²) in [7, 11) is 0. The molecule has 2 aromatic carbocycles. The molecule has 0 aromatic heterocycles. The van der Waals surface area contributed by atoms with Crippen molar-refractivity contribution in [3.05, 3.63) is 68.1 Å². The molecule has 0 radical (unpaired) electrons. The minimum atomic E-state index is -1.13. The van der Waals surface area contributed by atoms with Crippen molar-refractivity contribution >= 4 is 57.9 Å². The van der Waals surface area contributed by atoms with Crippen molar-refractivity contribution in [1.29, 1.82) is 0 Å². The van der Waals surface area contributed by atoms with Gasteiger partial charge in [-0.3, -0.25) is 14.9 Å². The second kappa shape index (κ2) is 8.76. The molecule has 1 fully saturated rings. The quantitative estimate of drug-likeness (QED) is 0.404. The molecule has 1 saturated heterocycles. The predicted octanol–water partition coefficient (Wildman–Crippen LogP) is 3.60. The molecule has 0 spiro atoms. The second-order valence-corrected chi connectivity index (χ2v) is 7.06. The third-order valence-electron chi connectivity index (χ3n) is 3.56. The predicted molar refractivity (Wildman–Crippen MR) is 108 cm³/mol. The first-order chi connectivity index (χ1) is 13.8. The van der Waals surface area contributed by atoms with Crippen LogP contribution in [0.2, 0.25) is 5.02 Å². The fraction of sp³-hybridized carbons (Fsp3) is 0.0556. The number of aliphatic carboxylic acids is 1. The van der Waals surface area contributed by atoms with E-state index in [4.69, 9.17) is 21.4 Å². The highest BCUT2D eigenvalue weighted by Gasteiger charge is 2.25. The molecule has 9 nitrogen and oxygen atoms in total. The molecule has 148 valence electrons. The lowest BCUT2D eigenvalue weighted by Gasteiger charge is -2.06. The van der Waals surface area contributed by atoms with Crippen LogP contribution >= 0.6 is 23.4 Å². The van der Waals surface area contributed by atoms with Gasteiger partial charge >= 0.3 is 5.97 Å². The number of para-hydroxylation sites is 1. The van der Waals surface area contributed by atoms with Crippen molar-refractivity contribution in [3.8, 4) is 5.75 Å². The molecule has 11 heteroatoms. The zero-order valence-electron chi connectivity index (χ0n) is 14.5. The van der Waals surface area contributed by atoms with Gasteiger partial charge in [0.2, 0.25) is 0 Å². The maximum absolute atomic E-state index is 12.3. The van der Waals surface area contributed by atoms with Gasteiger partial charge in [-0.1, -0.05) is 29.8 Å². The SMILES string of the molecule is O=C(O)COc1ccccc1/C=C1/SC(=Nc2ccc(Cl)cc2[N+](=O)[O-])NC1=O. The van der Waals surface area contributed by atoms with Gasteiger partial charge in [-0.05, 0) is 36.0 Å². The van der Waals surface area contributed by atoms with Crippen LogP contribution in [-0.4, -0.2) is 33.7 Å². The van der Waals surface area contributed by atoms with Crippen LogP contribution in [-0.2, 0) is 9.59 Å². The number of nitrogens with one attached hydrogen (secondary N) is 1. The number of carbonyl (C=O) groups excluding carboxylic acids is 1. The monoisotopic (exact) mass is 433 g/mol. The lowest BCUT2D eigenvalue weighted by Crippen LogP contribution is -2.19.